The quantitative estimate of drug-likeness (QED) is 0.394. The molecule has 0 radical (unpaired) electrons. The minimum absolute atomic E-state index is 0. The van der Waals surface area contributed by atoms with E-state index in [0.29, 0.717) is 28.5 Å². The van der Waals surface area contributed by atoms with Crippen molar-refractivity contribution >= 4 is 56.8 Å². The number of rotatable bonds is 8. The molecule has 4 nitrogen and oxygen atoms in total. The van der Waals surface area contributed by atoms with Gasteiger partial charge in [-0.05, 0) is 49.7 Å². The van der Waals surface area contributed by atoms with Gasteiger partial charge in [0.05, 0.1) is 4.70 Å². The van der Waals surface area contributed by atoms with Gasteiger partial charge in [-0.1, -0.05) is 25.2 Å². The Morgan fingerprint density at radius 2 is 1.77 bits per heavy atom. The van der Waals surface area contributed by atoms with E-state index in [-0.39, 0.29) is 23.8 Å². The summed E-state index contributed by atoms with van der Waals surface area (Å²) in [6.07, 6.45) is 1.97. The smallest absolute Gasteiger partial charge is 0.260 e. The summed E-state index contributed by atoms with van der Waals surface area (Å²) < 4.78 is 28.1. The zero-order valence-electron chi connectivity index (χ0n) is 17.0. The third-order valence-corrected chi connectivity index (χ3v) is 6.52. The monoisotopic (exact) mass is 471 g/mol. The van der Waals surface area contributed by atoms with Crippen LogP contribution in [0.1, 0.15) is 24.2 Å². The van der Waals surface area contributed by atoms with Crippen molar-refractivity contribution in [2.75, 3.05) is 37.3 Å². The SMILES string of the molecule is CCN(CC)CCN(C(=O)c1ccc(SC)cc1)c1nc2c(F)cc(F)cc2s1.Cl. The highest BCUT2D eigenvalue weighted by Gasteiger charge is 2.23. The third kappa shape index (κ3) is 5.49. The van der Waals surface area contributed by atoms with Gasteiger partial charge in [-0.15, -0.1) is 24.2 Å². The lowest BCUT2D eigenvalue weighted by Crippen LogP contribution is -2.38. The molecule has 162 valence electrons. The van der Waals surface area contributed by atoms with Gasteiger partial charge in [0.15, 0.2) is 10.9 Å². The fraction of sp³-hybridized carbons (Fsp3) is 0.333. The molecule has 1 amide bonds. The van der Waals surface area contributed by atoms with Crippen molar-refractivity contribution < 1.29 is 13.6 Å². The van der Waals surface area contributed by atoms with Gasteiger partial charge in [0.1, 0.15) is 11.3 Å². The maximum atomic E-state index is 14.1. The molecule has 0 bridgehead atoms. The Morgan fingerprint density at radius 3 is 2.37 bits per heavy atom. The second kappa shape index (κ2) is 11.0. The van der Waals surface area contributed by atoms with Crippen molar-refractivity contribution in [1.82, 2.24) is 9.88 Å². The van der Waals surface area contributed by atoms with Gasteiger partial charge in [-0.3, -0.25) is 9.69 Å². The first-order valence-electron chi connectivity index (χ1n) is 9.40. The Kier molecular flexibility index (Phi) is 9.03. The highest BCUT2D eigenvalue weighted by molar-refractivity contribution is 7.98. The largest absolute Gasteiger partial charge is 0.302 e. The Hall–Kier alpha value is -1.74. The molecule has 2 aromatic carbocycles. The average molecular weight is 472 g/mol. The number of fused-ring (bicyclic) bond motifs is 1. The molecule has 9 heteroatoms. The van der Waals surface area contributed by atoms with Gasteiger partial charge in [0.25, 0.3) is 5.91 Å². The predicted octanol–water partition coefficient (Wildman–Crippen LogP) is 5.71. The molecule has 0 fully saturated rings. The van der Waals surface area contributed by atoms with Crippen LogP contribution in [0.25, 0.3) is 10.2 Å². The lowest BCUT2D eigenvalue weighted by molar-refractivity contribution is 0.0983. The summed E-state index contributed by atoms with van der Waals surface area (Å²) in [5, 5.41) is 0.371. The lowest BCUT2D eigenvalue weighted by atomic mass is 10.2. The Morgan fingerprint density at radius 1 is 1.10 bits per heavy atom. The van der Waals surface area contributed by atoms with Crippen molar-refractivity contribution in [2.24, 2.45) is 0 Å². The third-order valence-electron chi connectivity index (χ3n) is 4.75. The number of anilines is 1. The van der Waals surface area contributed by atoms with Crippen molar-refractivity contribution in [3.05, 3.63) is 53.6 Å². The van der Waals surface area contributed by atoms with Crippen LogP contribution >= 0.6 is 35.5 Å². The summed E-state index contributed by atoms with van der Waals surface area (Å²) in [5.74, 6) is -1.58. The maximum absolute atomic E-state index is 14.1. The van der Waals surface area contributed by atoms with Gasteiger partial charge in [0.2, 0.25) is 0 Å². The van der Waals surface area contributed by atoms with E-state index < -0.39 is 11.6 Å². The number of nitrogens with zero attached hydrogens (tertiary/aromatic N) is 3. The standard InChI is InChI=1S/C21H23F2N3OS2.ClH/c1-4-25(5-2)10-11-26(20(27)14-6-8-16(28-3)9-7-14)21-24-19-17(23)12-15(22)13-18(19)29-21;/h6-9,12-13H,4-5,10-11H2,1-3H3;1H. The van der Waals surface area contributed by atoms with Crippen LogP contribution in [0.5, 0.6) is 0 Å². The summed E-state index contributed by atoms with van der Waals surface area (Å²) in [7, 11) is 0. The summed E-state index contributed by atoms with van der Waals surface area (Å²) in [6, 6.07) is 9.43. The first-order valence-corrected chi connectivity index (χ1v) is 11.4. The normalized spacial score (nSPS) is 11.0. The Labute approximate surface area is 189 Å². The van der Waals surface area contributed by atoms with E-state index in [1.165, 1.54) is 6.07 Å². The molecule has 0 aliphatic carbocycles. The van der Waals surface area contributed by atoms with E-state index in [2.05, 4.69) is 23.7 Å². The molecule has 30 heavy (non-hydrogen) atoms. The number of thiazole rings is 1. The number of amides is 1. The van der Waals surface area contributed by atoms with Crippen LogP contribution in [0.3, 0.4) is 0 Å². The first kappa shape index (κ1) is 24.5. The second-order valence-corrected chi connectivity index (χ2v) is 8.33. The van der Waals surface area contributed by atoms with Gasteiger partial charge in [0, 0.05) is 29.6 Å². The number of aromatic nitrogens is 1. The Bertz CT molecular complexity index is 994. The maximum Gasteiger partial charge on any atom is 0.260 e. The zero-order chi connectivity index (χ0) is 21.0. The van der Waals surface area contributed by atoms with E-state index in [1.54, 1.807) is 28.8 Å². The minimum Gasteiger partial charge on any atom is -0.302 e. The number of halogens is 3. The topological polar surface area (TPSA) is 36.4 Å². The summed E-state index contributed by atoms with van der Waals surface area (Å²) in [5.41, 5.74) is 0.623. The van der Waals surface area contributed by atoms with E-state index >= 15 is 0 Å². The van der Waals surface area contributed by atoms with Crippen molar-refractivity contribution in [3.63, 3.8) is 0 Å². The molecule has 1 heterocycles. The molecule has 0 N–H and O–H groups in total. The Balaban J connectivity index is 0.00000320. The van der Waals surface area contributed by atoms with Crippen molar-refractivity contribution in [2.45, 2.75) is 18.7 Å². The van der Waals surface area contributed by atoms with Crippen LogP contribution in [-0.4, -0.2) is 48.2 Å². The van der Waals surface area contributed by atoms with Gasteiger partial charge < -0.3 is 4.90 Å². The molecule has 0 aliphatic heterocycles. The molecule has 0 saturated heterocycles. The lowest BCUT2D eigenvalue weighted by Gasteiger charge is -2.24. The number of hydrogen-bond acceptors (Lipinski definition) is 5. The van der Waals surface area contributed by atoms with Crippen LogP contribution in [0.15, 0.2) is 41.3 Å². The zero-order valence-corrected chi connectivity index (χ0v) is 19.5. The van der Waals surface area contributed by atoms with E-state index in [4.69, 9.17) is 0 Å². The summed E-state index contributed by atoms with van der Waals surface area (Å²) >= 11 is 2.72. The number of carbonyl (C=O) groups is 1. The molecule has 0 saturated carbocycles. The van der Waals surface area contributed by atoms with Gasteiger partial charge in [-0.25, -0.2) is 13.8 Å². The van der Waals surface area contributed by atoms with E-state index in [1.807, 2.05) is 18.4 Å². The van der Waals surface area contributed by atoms with Crippen LogP contribution in [-0.2, 0) is 0 Å². The van der Waals surface area contributed by atoms with Crippen LogP contribution in [0.2, 0.25) is 0 Å². The average Bonchev–Trinajstić information content (AvgIpc) is 3.15. The summed E-state index contributed by atoms with van der Waals surface area (Å²) in [4.78, 5) is 22.4. The van der Waals surface area contributed by atoms with E-state index in [9.17, 15) is 13.6 Å². The van der Waals surface area contributed by atoms with Crippen molar-refractivity contribution in [1.29, 1.82) is 0 Å². The molecule has 0 atom stereocenters. The highest BCUT2D eigenvalue weighted by atomic mass is 35.5. The molecule has 0 unspecified atom stereocenters. The van der Waals surface area contributed by atoms with Crippen LogP contribution < -0.4 is 4.90 Å². The summed E-state index contributed by atoms with van der Waals surface area (Å²) in [6.45, 7) is 6.92. The fourth-order valence-electron chi connectivity index (χ4n) is 3.02. The molecule has 1 aromatic heterocycles. The highest BCUT2D eigenvalue weighted by Crippen LogP contribution is 2.32. The first-order chi connectivity index (χ1) is 14.0. The predicted molar refractivity (Wildman–Crippen MR) is 124 cm³/mol. The molecule has 3 aromatic rings. The van der Waals surface area contributed by atoms with E-state index in [0.717, 1.165) is 35.4 Å². The second-order valence-electron chi connectivity index (χ2n) is 6.44. The molecular formula is C21H24ClF2N3OS2. The van der Waals surface area contributed by atoms with Crippen LogP contribution in [0, 0.1) is 11.6 Å². The minimum atomic E-state index is -0.719. The van der Waals surface area contributed by atoms with Gasteiger partial charge >= 0.3 is 0 Å². The number of benzene rings is 2. The molecular weight excluding hydrogens is 448 g/mol. The van der Waals surface area contributed by atoms with Gasteiger partial charge in [-0.2, -0.15) is 0 Å². The molecule has 0 spiro atoms. The molecule has 0 aliphatic rings. The van der Waals surface area contributed by atoms with Crippen LogP contribution in [0.4, 0.5) is 13.9 Å². The number of thioether (sulfide) groups is 1. The fourth-order valence-corrected chi connectivity index (χ4v) is 4.45. The number of hydrogen-bond donors (Lipinski definition) is 0. The number of likely N-dealkylation sites (N-methyl/N-ethyl adjacent to an activating group) is 1. The molecule has 3 rings (SSSR count). The number of carbonyl (C=O) groups excluding carboxylic acids is 1. The van der Waals surface area contributed by atoms with Crippen molar-refractivity contribution in [3.8, 4) is 0 Å².